The molecule has 1 aliphatic carbocycles. The zero-order valence-electron chi connectivity index (χ0n) is 12.4. The lowest BCUT2D eigenvalue weighted by Gasteiger charge is -2.34. The molecule has 0 spiro atoms. The standard InChI is InChI=1S/C18H25Si/c1-4-10-16-13-14-18(15-16)19(5-2,6-3)17-11-8-7-9-12-17/h7-9,11-15H,4-6,10H2,1-3H3. The maximum atomic E-state index is 2.48. The second-order valence-electron chi connectivity index (χ2n) is 5.41. The summed E-state index contributed by atoms with van der Waals surface area (Å²) in [5.74, 6) is 0. The summed E-state index contributed by atoms with van der Waals surface area (Å²) in [6.45, 7) is 7.00. The zero-order chi connectivity index (χ0) is 13.7. The molecular formula is C18H25Si. The summed E-state index contributed by atoms with van der Waals surface area (Å²) in [4.78, 5) is 0. The fraction of sp³-hybridized carbons (Fsp3) is 0.389. The Labute approximate surface area is 119 Å². The van der Waals surface area contributed by atoms with Crippen LogP contribution in [0.25, 0.3) is 0 Å². The van der Waals surface area contributed by atoms with E-state index in [1.54, 1.807) is 10.7 Å². The van der Waals surface area contributed by atoms with Gasteiger partial charge in [-0.25, -0.2) is 0 Å². The van der Waals surface area contributed by atoms with Crippen molar-refractivity contribution >= 4 is 13.3 Å². The molecule has 1 aliphatic rings. The van der Waals surface area contributed by atoms with E-state index in [1.165, 1.54) is 30.5 Å². The van der Waals surface area contributed by atoms with Crippen LogP contribution in [0.3, 0.4) is 0 Å². The predicted octanol–water partition coefficient (Wildman–Crippen LogP) is 4.79. The first-order chi connectivity index (χ1) is 9.26. The minimum absolute atomic E-state index is 1.21. The van der Waals surface area contributed by atoms with E-state index in [4.69, 9.17) is 0 Å². The third kappa shape index (κ3) is 2.76. The average Bonchev–Trinajstić information content (AvgIpc) is 2.92. The normalized spacial score (nSPS) is 15.8. The van der Waals surface area contributed by atoms with Crippen LogP contribution in [0.5, 0.6) is 0 Å². The van der Waals surface area contributed by atoms with E-state index in [9.17, 15) is 0 Å². The highest BCUT2D eigenvalue weighted by Crippen LogP contribution is 2.34. The molecule has 0 aliphatic heterocycles. The molecule has 1 aromatic rings. The van der Waals surface area contributed by atoms with Gasteiger partial charge in [0.15, 0.2) is 0 Å². The van der Waals surface area contributed by atoms with E-state index in [2.05, 4.69) is 69.3 Å². The van der Waals surface area contributed by atoms with Crippen molar-refractivity contribution in [2.45, 2.75) is 45.7 Å². The topological polar surface area (TPSA) is 0 Å². The van der Waals surface area contributed by atoms with Crippen molar-refractivity contribution in [2.75, 3.05) is 0 Å². The van der Waals surface area contributed by atoms with Gasteiger partial charge in [0.2, 0.25) is 0 Å². The van der Waals surface area contributed by atoms with Gasteiger partial charge in [0.1, 0.15) is 8.07 Å². The van der Waals surface area contributed by atoms with Crippen LogP contribution in [0.4, 0.5) is 0 Å². The van der Waals surface area contributed by atoms with Gasteiger partial charge in [0, 0.05) is 5.54 Å². The molecule has 0 N–H and O–H groups in total. The quantitative estimate of drug-likeness (QED) is 0.651. The Morgan fingerprint density at radius 1 is 0.895 bits per heavy atom. The smallest absolute Gasteiger partial charge is 0.0757 e. The first-order valence-electron chi connectivity index (χ1n) is 7.58. The SMILES string of the molecule is CCCC1=C[C]([Si](CC)(CC)c2ccccc2)C=C1. The largest absolute Gasteiger partial charge is 0.101 e. The second-order valence-corrected chi connectivity index (χ2v) is 10.1. The minimum atomic E-state index is -1.50. The highest BCUT2D eigenvalue weighted by Gasteiger charge is 2.39. The monoisotopic (exact) mass is 269 g/mol. The first-order valence-corrected chi connectivity index (χ1v) is 9.99. The molecule has 0 amide bonds. The van der Waals surface area contributed by atoms with Gasteiger partial charge in [-0.1, -0.05) is 98.6 Å². The fourth-order valence-corrected chi connectivity index (χ4v) is 7.39. The molecule has 0 unspecified atom stereocenters. The van der Waals surface area contributed by atoms with E-state index in [0.717, 1.165) is 0 Å². The number of benzene rings is 1. The number of rotatable bonds is 6. The number of allylic oxidation sites excluding steroid dienone is 4. The molecule has 0 atom stereocenters. The van der Waals surface area contributed by atoms with E-state index in [-0.39, 0.29) is 0 Å². The Bertz CT molecular complexity index is 452. The van der Waals surface area contributed by atoms with Crippen LogP contribution >= 0.6 is 0 Å². The summed E-state index contributed by atoms with van der Waals surface area (Å²) < 4.78 is 0. The number of hydrogen-bond acceptors (Lipinski definition) is 0. The molecule has 0 saturated carbocycles. The summed E-state index contributed by atoms with van der Waals surface area (Å²) >= 11 is 0. The minimum Gasteiger partial charge on any atom is -0.0757 e. The van der Waals surface area contributed by atoms with E-state index < -0.39 is 8.07 Å². The van der Waals surface area contributed by atoms with Crippen LogP contribution in [-0.2, 0) is 0 Å². The highest BCUT2D eigenvalue weighted by molar-refractivity contribution is 6.97. The molecule has 0 aromatic heterocycles. The van der Waals surface area contributed by atoms with Crippen LogP contribution in [0.2, 0.25) is 12.1 Å². The molecular weight excluding hydrogens is 244 g/mol. The Balaban J connectivity index is 2.34. The molecule has 0 bridgehead atoms. The van der Waals surface area contributed by atoms with Crippen molar-refractivity contribution < 1.29 is 0 Å². The van der Waals surface area contributed by atoms with Crippen molar-refractivity contribution in [2.24, 2.45) is 0 Å². The summed E-state index contributed by atoms with van der Waals surface area (Å²) in [5, 5.41) is 1.59. The highest BCUT2D eigenvalue weighted by atomic mass is 28.3. The van der Waals surface area contributed by atoms with Gasteiger partial charge in [-0.05, 0) is 6.42 Å². The molecule has 1 aromatic carbocycles. The van der Waals surface area contributed by atoms with Crippen molar-refractivity contribution in [3.8, 4) is 0 Å². The third-order valence-corrected chi connectivity index (χ3v) is 9.71. The van der Waals surface area contributed by atoms with E-state index >= 15 is 0 Å². The average molecular weight is 269 g/mol. The summed E-state index contributed by atoms with van der Waals surface area (Å²) in [7, 11) is -1.50. The Kier molecular flexibility index (Phi) is 4.81. The molecule has 0 saturated heterocycles. The van der Waals surface area contributed by atoms with Gasteiger partial charge >= 0.3 is 0 Å². The van der Waals surface area contributed by atoms with Crippen molar-refractivity contribution in [3.63, 3.8) is 0 Å². The lowest BCUT2D eigenvalue weighted by molar-refractivity contribution is 0.928. The van der Waals surface area contributed by atoms with Gasteiger partial charge in [0.25, 0.3) is 0 Å². The third-order valence-electron chi connectivity index (χ3n) is 4.44. The molecule has 2 rings (SSSR count). The van der Waals surface area contributed by atoms with Gasteiger partial charge in [-0.2, -0.15) is 0 Å². The van der Waals surface area contributed by atoms with Gasteiger partial charge in [0.05, 0.1) is 0 Å². The van der Waals surface area contributed by atoms with Crippen molar-refractivity contribution in [3.05, 3.63) is 59.7 Å². The Morgan fingerprint density at radius 3 is 2.16 bits per heavy atom. The van der Waals surface area contributed by atoms with Gasteiger partial charge in [-0.3, -0.25) is 0 Å². The molecule has 0 nitrogen and oxygen atoms in total. The summed E-state index contributed by atoms with van der Waals surface area (Å²) in [6.07, 6.45) is 9.68. The van der Waals surface area contributed by atoms with Crippen LogP contribution < -0.4 is 5.19 Å². The predicted molar refractivity (Wildman–Crippen MR) is 88.2 cm³/mol. The summed E-state index contributed by atoms with van der Waals surface area (Å²) in [6, 6.07) is 13.8. The van der Waals surface area contributed by atoms with Gasteiger partial charge in [-0.15, -0.1) is 0 Å². The van der Waals surface area contributed by atoms with Crippen LogP contribution in [0.15, 0.2) is 54.1 Å². The molecule has 0 heterocycles. The fourth-order valence-electron chi connectivity index (χ4n) is 3.22. The lowest BCUT2D eigenvalue weighted by Crippen LogP contribution is -2.51. The molecule has 1 radical (unpaired) electrons. The zero-order valence-corrected chi connectivity index (χ0v) is 13.4. The Morgan fingerprint density at radius 2 is 1.58 bits per heavy atom. The van der Waals surface area contributed by atoms with E-state index in [1.807, 2.05) is 0 Å². The van der Waals surface area contributed by atoms with E-state index in [0.29, 0.717) is 0 Å². The molecule has 0 fully saturated rings. The number of hydrogen-bond donors (Lipinski definition) is 0. The van der Waals surface area contributed by atoms with Crippen LogP contribution in [0, 0.1) is 5.54 Å². The molecule has 19 heavy (non-hydrogen) atoms. The maximum absolute atomic E-state index is 2.48. The van der Waals surface area contributed by atoms with Gasteiger partial charge < -0.3 is 0 Å². The van der Waals surface area contributed by atoms with Crippen molar-refractivity contribution in [1.29, 1.82) is 0 Å². The lowest BCUT2D eigenvalue weighted by atomic mass is 10.2. The van der Waals surface area contributed by atoms with Crippen LogP contribution in [-0.4, -0.2) is 8.07 Å². The summed E-state index contributed by atoms with van der Waals surface area (Å²) in [5.41, 5.74) is 3.15. The first kappa shape index (κ1) is 14.3. The molecule has 101 valence electrons. The maximum Gasteiger partial charge on any atom is 0.101 e. The Hall–Kier alpha value is -1.08. The van der Waals surface area contributed by atoms with Crippen molar-refractivity contribution in [1.82, 2.24) is 0 Å². The van der Waals surface area contributed by atoms with Crippen LogP contribution in [0.1, 0.15) is 33.6 Å². The second kappa shape index (κ2) is 6.38. The molecule has 1 heteroatoms.